The maximum atomic E-state index is 11.3. The van der Waals surface area contributed by atoms with Crippen LogP contribution in [0, 0.1) is 0 Å². The molecule has 1 aromatic heterocycles. The standard InChI is InChI=1S/C10H13N3O2S2/c11-8(16)5-13-10(15)9(14)12-3-1-7-2-4-17-6-7/h2,4,6H,1,3,5H2,(H2,11,16)(H,12,14)(H,13,15). The molecule has 1 rings (SSSR count). The number of amides is 2. The van der Waals surface area contributed by atoms with E-state index in [2.05, 4.69) is 22.9 Å². The summed E-state index contributed by atoms with van der Waals surface area (Å²) in [7, 11) is 0. The summed E-state index contributed by atoms with van der Waals surface area (Å²) in [5.74, 6) is -1.39. The Morgan fingerprint density at radius 3 is 2.65 bits per heavy atom. The summed E-state index contributed by atoms with van der Waals surface area (Å²) in [5, 5.41) is 8.79. The molecule has 4 N–H and O–H groups in total. The Kier molecular flexibility index (Phi) is 5.58. The zero-order valence-corrected chi connectivity index (χ0v) is 10.7. The summed E-state index contributed by atoms with van der Waals surface area (Å²) >= 11 is 6.17. The average Bonchev–Trinajstić information content (AvgIpc) is 2.78. The van der Waals surface area contributed by atoms with Crippen molar-refractivity contribution in [2.24, 2.45) is 5.73 Å². The van der Waals surface area contributed by atoms with Crippen molar-refractivity contribution >= 4 is 40.4 Å². The number of carbonyl (C=O) groups is 2. The molecule has 2 amide bonds. The number of hydrogen-bond acceptors (Lipinski definition) is 4. The van der Waals surface area contributed by atoms with Crippen molar-refractivity contribution in [1.82, 2.24) is 10.6 Å². The second kappa shape index (κ2) is 6.97. The van der Waals surface area contributed by atoms with Crippen molar-refractivity contribution in [1.29, 1.82) is 0 Å². The SMILES string of the molecule is NC(=S)CNC(=O)C(=O)NCCc1ccsc1. The number of thiophene rings is 1. The van der Waals surface area contributed by atoms with E-state index in [0.717, 1.165) is 5.56 Å². The highest BCUT2D eigenvalue weighted by atomic mass is 32.1. The summed E-state index contributed by atoms with van der Waals surface area (Å²) in [5.41, 5.74) is 6.33. The molecule has 0 spiro atoms. The van der Waals surface area contributed by atoms with E-state index in [1.165, 1.54) is 0 Å². The molecule has 0 aliphatic rings. The summed E-state index contributed by atoms with van der Waals surface area (Å²) in [4.78, 5) is 22.6. The fourth-order valence-corrected chi connectivity index (χ4v) is 1.86. The smallest absolute Gasteiger partial charge is 0.309 e. The van der Waals surface area contributed by atoms with Crippen molar-refractivity contribution in [2.75, 3.05) is 13.1 Å². The maximum Gasteiger partial charge on any atom is 0.309 e. The molecule has 0 aliphatic heterocycles. The van der Waals surface area contributed by atoms with Crippen LogP contribution in [0.25, 0.3) is 0 Å². The first-order chi connectivity index (χ1) is 8.09. The van der Waals surface area contributed by atoms with E-state index in [0.29, 0.717) is 13.0 Å². The molecule has 7 heteroatoms. The van der Waals surface area contributed by atoms with Crippen LogP contribution < -0.4 is 16.4 Å². The molecule has 0 saturated heterocycles. The fourth-order valence-electron chi connectivity index (χ4n) is 1.08. The largest absolute Gasteiger partial charge is 0.392 e. The minimum Gasteiger partial charge on any atom is -0.392 e. The van der Waals surface area contributed by atoms with Gasteiger partial charge in [0.2, 0.25) is 0 Å². The van der Waals surface area contributed by atoms with Crippen LogP contribution in [0.2, 0.25) is 0 Å². The normalized spacial score (nSPS) is 9.65. The first kappa shape index (κ1) is 13.6. The highest BCUT2D eigenvalue weighted by Crippen LogP contribution is 2.05. The predicted octanol–water partition coefficient (Wildman–Crippen LogP) is -0.191. The van der Waals surface area contributed by atoms with Gasteiger partial charge in [0.05, 0.1) is 11.5 Å². The van der Waals surface area contributed by atoms with Gasteiger partial charge in [0.1, 0.15) is 0 Å². The van der Waals surface area contributed by atoms with E-state index in [1.54, 1.807) is 11.3 Å². The Morgan fingerprint density at radius 2 is 2.06 bits per heavy atom. The van der Waals surface area contributed by atoms with Gasteiger partial charge in [-0.2, -0.15) is 11.3 Å². The molecule has 5 nitrogen and oxygen atoms in total. The molecule has 0 radical (unpaired) electrons. The average molecular weight is 271 g/mol. The summed E-state index contributed by atoms with van der Waals surface area (Å²) in [6.07, 6.45) is 0.706. The highest BCUT2D eigenvalue weighted by Gasteiger charge is 2.11. The van der Waals surface area contributed by atoms with E-state index >= 15 is 0 Å². The molecule has 92 valence electrons. The molecular formula is C10H13N3O2S2. The molecule has 0 aliphatic carbocycles. The Bertz CT molecular complexity index is 404. The lowest BCUT2D eigenvalue weighted by atomic mass is 10.2. The van der Waals surface area contributed by atoms with E-state index in [1.807, 2.05) is 16.8 Å². The lowest BCUT2D eigenvalue weighted by Gasteiger charge is -2.05. The molecule has 0 bridgehead atoms. The summed E-state index contributed by atoms with van der Waals surface area (Å²) < 4.78 is 0. The van der Waals surface area contributed by atoms with Gasteiger partial charge in [0.15, 0.2) is 0 Å². The minimum absolute atomic E-state index is 0.0338. The number of carbonyl (C=O) groups excluding carboxylic acids is 2. The van der Waals surface area contributed by atoms with Gasteiger partial charge in [-0.15, -0.1) is 0 Å². The van der Waals surface area contributed by atoms with Crippen LogP contribution in [0.4, 0.5) is 0 Å². The molecule has 0 unspecified atom stereocenters. The Balaban J connectivity index is 2.20. The van der Waals surface area contributed by atoms with E-state index in [-0.39, 0.29) is 11.5 Å². The van der Waals surface area contributed by atoms with Crippen LogP contribution >= 0.6 is 23.6 Å². The molecule has 17 heavy (non-hydrogen) atoms. The van der Waals surface area contributed by atoms with Gasteiger partial charge >= 0.3 is 11.8 Å². The second-order valence-electron chi connectivity index (χ2n) is 3.29. The molecule has 1 aromatic rings. The quantitative estimate of drug-likeness (QED) is 0.512. The van der Waals surface area contributed by atoms with Crippen molar-refractivity contribution in [3.8, 4) is 0 Å². The van der Waals surface area contributed by atoms with Crippen molar-refractivity contribution in [3.63, 3.8) is 0 Å². The molecule has 1 heterocycles. The van der Waals surface area contributed by atoms with Crippen LogP contribution in [-0.4, -0.2) is 29.9 Å². The van der Waals surface area contributed by atoms with Crippen LogP contribution in [-0.2, 0) is 16.0 Å². The second-order valence-corrected chi connectivity index (χ2v) is 4.59. The number of nitrogens with one attached hydrogen (secondary N) is 2. The van der Waals surface area contributed by atoms with Gasteiger partial charge in [-0.3, -0.25) is 9.59 Å². The van der Waals surface area contributed by atoms with Crippen molar-refractivity contribution in [3.05, 3.63) is 22.4 Å². The van der Waals surface area contributed by atoms with Crippen LogP contribution in [0.15, 0.2) is 16.8 Å². The van der Waals surface area contributed by atoms with Gasteiger partial charge in [-0.1, -0.05) is 12.2 Å². The molecule has 0 atom stereocenters. The van der Waals surface area contributed by atoms with Gasteiger partial charge < -0.3 is 16.4 Å². The number of nitrogens with two attached hydrogens (primary N) is 1. The van der Waals surface area contributed by atoms with Crippen molar-refractivity contribution in [2.45, 2.75) is 6.42 Å². The zero-order valence-electron chi connectivity index (χ0n) is 9.06. The topological polar surface area (TPSA) is 84.2 Å². The molecule has 0 fully saturated rings. The number of thiocarbonyl (C=S) groups is 1. The monoisotopic (exact) mass is 271 g/mol. The van der Waals surface area contributed by atoms with Crippen molar-refractivity contribution < 1.29 is 9.59 Å². The predicted molar refractivity (Wildman–Crippen MR) is 70.8 cm³/mol. The van der Waals surface area contributed by atoms with Gasteiger partial charge in [0.25, 0.3) is 0 Å². The third kappa shape index (κ3) is 5.41. The summed E-state index contributed by atoms with van der Waals surface area (Å²) in [6, 6.07) is 1.98. The first-order valence-corrected chi connectivity index (χ1v) is 6.30. The highest BCUT2D eigenvalue weighted by molar-refractivity contribution is 7.80. The Hall–Kier alpha value is -1.47. The molecular weight excluding hydrogens is 258 g/mol. The lowest BCUT2D eigenvalue weighted by molar-refractivity contribution is -0.139. The molecule has 0 saturated carbocycles. The third-order valence-corrected chi connectivity index (χ3v) is 2.79. The van der Waals surface area contributed by atoms with Crippen LogP contribution in [0.5, 0.6) is 0 Å². The Labute approximate surface area is 108 Å². The number of rotatable bonds is 5. The third-order valence-electron chi connectivity index (χ3n) is 1.91. The number of hydrogen-bond donors (Lipinski definition) is 3. The van der Waals surface area contributed by atoms with Gasteiger partial charge in [-0.25, -0.2) is 0 Å². The fraction of sp³-hybridized carbons (Fsp3) is 0.300. The van der Waals surface area contributed by atoms with E-state index < -0.39 is 11.8 Å². The van der Waals surface area contributed by atoms with E-state index in [4.69, 9.17) is 5.73 Å². The van der Waals surface area contributed by atoms with Gasteiger partial charge in [-0.05, 0) is 28.8 Å². The van der Waals surface area contributed by atoms with Gasteiger partial charge in [0, 0.05) is 6.54 Å². The lowest BCUT2D eigenvalue weighted by Crippen LogP contribution is -2.43. The Morgan fingerprint density at radius 1 is 1.35 bits per heavy atom. The van der Waals surface area contributed by atoms with Crippen LogP contribution in [0.3, 0.4) is 0 Å². The minimum atomic E-state index is -0.719. The maximum absolute atomic E-state index is 11.3. The molecule has 0 aromatic carbocycles. The zero-order chi connectivity index (χ0) is 12.7. The first-order valence-electron chi connectivity index (χ1n) is 4.95. The van der Waals surface area contributed by atoms with Crippen LogP contribution in [0.1, 0.15) is 5.56 Å². The summed E-state index contributed by atoms with van der Waals surface area (Å²) in [6.45, 7) is 0.460. The van der Waals surface area contributed by atoms with E-state index in [9.17, 15) is 9.59 Å².